The van der Waals surface area contributed by atoms with E-state index in [1.54, 1.807) is 18.3 Å². The molecule has 0 unspecified atom stereocenters. The fraction of sp³-hybridized carbons (Fsp3) is 0.238. The highest BCUT2D eigenvalue weighted by Crippen LogP contribution is 2.32. The first kappa shape index (κ1) is 19.1. The lowest BCUT2D eigenvalue weighted by Crippen LogP contribution is -2.16. The van der Waals surface area contributed by atoms with E-state index in [9.17, 15) is 9.90 Å². The summed E-state index contributed by atoms with van der Waals surface area (Å²) < 4.78 is 0. The minimum atomic E-state index is 0.0197. The number of para-hydroxylation sites is 1. The van der Waals surface area contributed by atoms with Crippen molar-refractivity contribution in [2.75, 3.05) is 11.9 Å². The van der Waals surface area contributed by atoms with Crippen LogP contribution in [0.4, 0.5) is 5.69 Å². The van der Waals surface area contributed by atoms with E-state index in [-0.39, 0.29) is 11.7 Å². The lowest BCUT2D eigenvalue weighted by atomic mass is 10.1. The van der Waals surface area contributed by atoms with Gasteiger partial charge >= 0.3 is 0 Å². The van der Waals surface area contributed by atoms with E-state index >= 15 is 0 Å². The SMILES string of the molecule is O=C(CCCCNCc1cc(Cl)c2cccnc2c1O)Nc1ccccc1. The van der Waals surface area contributed by atoms with Gasteiger partial charge in [-0.3, -0.25) is 9.78 Å². The number of pyridine rings is 1. The number of amides is 1. The molecule has 1 amide bonds. The van der Waals surface area contributed by atoms with Crippen molar-refractivity contribution in [2.45, 2.75) is 25.8 Å². The van der Waals surface area contributed by atoms with Gasteiger partial charge in [-0.15, -0.1) is 0 Å². The van der Waals surface area contributed by atoms with Crippen molar-refractivity contribution < 1.29 is 9.90 Å². The predicted molar refractivity (Wildman–Crippen MR) is 109 cm³/mol. The number of phenols is 1. The highest BCUT2D eigenvalue weighted by Gasteiger charge is 2.11. The van der Waals surface area contributed by atoms with Gasteiger partial charge in [0.25, 0.3) is 0 Å². The van der Waals surface area contributed by atoms with Gasteiger partial charge < -0.3 is 15.7 Å². The number of hydrogen-bond donors (Lipinski definition) is 3. The number of carbonyl (C=O) groups excluding carboxylic acids is 1. The van der Waals surface area contributed by atoms with Crippen LogP contribution in [-0.4, -0.2) is 22.5 Å². The fourth-order valence-corrected chi connectivity index (χ4v) is 3.16. The Kier molecular flexibility index (Phi) is 6.63. The molecule has 1 aromatic heterocycles. The molecule has 0 saturated heterocycles. The van der Waals surface area contributed by atoms with Crippen LogP contribution in [0.2, 0.25) is 5.02 Å². The normalized spacial score (nSPS) is 10.9. The van der Waals surface area contributed by atoms with Gasteiger partial charge in [0.1, 0.15) is 11.3 Å². The van der Waals surface area contributed by atoms with E-state index in [4.69, 9.17) is 11.6 Å². The Labute approximate surface area is 163 Å². The van der Waals surface area contributed by atoms with E-state index in [0.717, 1.165) is 30.5 Å². The number of phenolic OH excluding ortho intramolecular Hbond substituents is 1. The number of unbranched alkanes of at least 4 members (excludes halogenated alkanes) is 1. The molecule has 0 aliphatic rings. The first-order valence-corrected chi connectivity index (χ1v) is 9.33. The number of nitrogens with zero attached hydrogens (tertiary/aromatic N) is 1. The average molecular weight is 384 g/mol. The summed E-state index contributed by atoms with van der Waals surface area (Å²) >= 11 is 6.27. The number of fused-ring (bicyclic) bond motifs is 1. The summed E-state index contributed by atoms with van der Waals surface area (Å²) in [6.07, 6.45) is 3.77. The van der Waals surface area contributed by atoms with Crippen LogP contribution in [0.3, 0.4) is 0 Å². The molecule has 140 valence electrons. The van der Waals surface area contributed by atoms with Gasteiger partial charge in [0.15, 0.2) is 0 Å². The number of aromatic nitrogens is 1. The van der Waals surface area contributed by atoms with Crippen molar-refractivity contribution in [1.29, 1.82) is 0 Å². The molecule has 27 heavy (non-hydrogen) atoms. The van der Waals surface area contributed by atoms with Crippen LogP contribution in [0.5, 0.6) is 5.75 Å². The van der Waals surface area contributed by atoms with Gasteiger partial charge in [-0.05, 0) is 49.7 Å². The van der Waals surface area contributed by atoms with Crippen molar-refractivity contribution >= 4 is 34.1 Å². The molecule has 0 aliphatic heterocycles. The van der Waals surface area contributed by atoms with Crippen LogP contribution in [0.25, 0.3) is 10.9 Å². The largest absolute Gasteiger partial charge is 0.505 e. The Morgan fingerprint density at radius 2 is 1.93 bits per heavy atom. The average Bonchev–Trinajstić information content (AvgIpc) is 2.69. The molecule has 0 fully saturated rings. The molecule has 6 heteroatoms. The van der Waals surface area contributed by atoms with E-state index in [0.29, 0.717) is 29.1 Å². The maximum atomic E-state index is 11.9. The molecule has 3 aromatic rings. The Hall–Kier alpha value is -2.63. The molecule has 0 radical (unpaired) electrons. The number of benzene rings is 2. The molecule has 0 spiro atoms. The number of anilines is 1. The summed E-state index contributed by atoms with van der Waals surface area (Å²) in [4.78, 5) is 16.1. The van der Waals surface area contributed by atoms with Crippen LogP contribution in [0.1, 0.15) is 24.8 Å². The van der Waals surface area contributed by atoms with Crippen molar-refractivity contribution in [1.82, 2.24) is 10.3 Å². The first-order valence-electron chi connectivity index (χ1n) is 8.96. The van der Waals surface area contributed by atoms with Crippen LogP contribution in [0.15, 0.2) is 54.7 Å². The minimum Gasteiger partial charge on any atom is -0.505 e. The molecule has 5 nitrogen and oxygen atoms in total. The van der Waals surface area contributed by atoms with Crippen LogP contribution >= 0.6 is 11.6 Å². The van der Waals surface area contributed by atoms with Crippen molar-refractivity contribution in [3.8, 4) is 5.75 Å². The number of halogens is 1. The molecular formula is C21H22ClN3O2. The predicted octanol–water partition coefficient (Wildman–Crippen LogP) is 4.49. The van der Waals surface area contributed by atoms with E-state index in [1.165, 1.54) is 0 Å². The molecule has 0 atom stereocenters. The minimum absolute atomic E-state index is 0.0197. The third-order valence-corrected chi connectivity index (χ3v) is 4.59. The third kappa shape index (κ3) is 5.18. The second-order valence-electron chi connectivity index (χ2n) is 6.31. The zero-order valence-electron chi connectivity index (χ0n) is 14.9. The summed E-state index contributed by atoms with van der Waals surface area (Å²) in [5.74, 6) is 0.177. The highest BCUT2D eigenvalue weighted by molar-refractivity contribution is 6.35. The Morgan fingerprint density at radius 1 is 1.11 bits per heavy atom. The summed E-state index contributed by atoms with van der Waals surface area (Å²) in [6, 6.07) is 14.8. The van der Waals surface area contributed by atoms with Crippen LogP contribution < -0.4 is 10.6 Å². The first-order chi connectivity index (χ1) is 13.1. The molecule has 0 saturated carbocycles. The van der Waals surface area contributed by atoms with E-state index < -0.39 is 0 Å². The lowest BCUT2D eigenvalue weighted by molar-refractivity contribution is -0.116. The van der Waals surface area contributed by atoms with Crippen LogP contribution in [-0.2, 0) is 11.3 Å². The quantitative estimate of drug-likeness (QED) is 0.501. The summed E-state index contributed by atoms with van der Waals surface area (Å²) in [5, 5.41) is 17.8. The van der Waals surface area contributed by atoms with E-state index in [2.05, 4.69) is 15.6 Å². The van der Waals surface area contributed by atoms with Crippen molar-refractivity contribution in [2.24, 2.45) is 0 Å². The van der Waals surface area contributed by atoms with Gasteiger partial charge in [0.2, 0.25) is 5.91 Å². The number of carbonyl (C=O) groups is 1. The van der Waals surface area contributed by atoms with Crippen molar-refractivity contribution in [3.63, 3.8) is 0 Å². The zero-order chi connectivity index (χ0) is 19.1. The summed E-state index contributed by atoms with van der Waals surface area (Å²) in [7, 11) is 0. The lowest BCUT2D eigenvalue weighted by Gasteiger charge is -2.10. The molecule has 1 heterocycles. The Bertz CT molecular complexity index is 916. The molecule has 3 N–H and O–H groups in total. The highest BCUT2D eigenvalue weighted by atomic mass is 35.5. The van der Waals surface area contributed by atoms with Crippen LogP contribution in [0, 0.1) is 0 Å². The summed E-state index contributed by atoms with van der Waals surface area (Å²) in [6.45, 7) is 1.24. The molecular weight excluding hydrogens is 362 g/mol. The monoisotopic (exact) mass is 383 g/mol. The topological polar surface area (TPSA) is 74.2 Å². The molecule has 2 aromatic carbocycles. The zero-order valence-corrected chi connectivity index (χ0v) is 15.7. The smallest absolute Gasteiger partial charge is 0.224 e. The van der Waals surface area contributed by atoms with Gasteiger partial charge in [-0.2, -0.15) is 0 Å². The van der Waals surface area contributed by atoms with E-state index in [1.807, 2.05) is 36.4 Å². The number of aromatic hydroxyl groups is 1. The Balaban J connectivity index is 1.41. The molecule has 0 bridgehead atoms. The molecule has 3 rings (SSSR count). The number of hydrogen-bond acceptors (Lipinski definition) is 4. The maximum absolute atomic E-state index is 11.9. The fourth-order valence-electron chi connectivity index (χ4n) is 2.88. The second-order valence-corrected chi connectivity index (χ2v) is 6.72. The van der Waals surface area contributed by atoms with Gasteiger partial charge in [0.05, 0.1) is 5.02 Å². The third-order valence-electron chi connectivity index (χ3n) is 4.27. The second kappa shape index (κ2) is 9.35. The summed E-state index contributed by atoms with van der Waals surface area (Å²) in [5.41, 5.74) is 2.05. The number of nitrogens with one attached hydrogen (secondary N) is 2. The standard InChI is InChI=1S/C21H22ClN3O2/c22-18-13-15(21(27)20-17(18)9-6-12-24-20)14-23-11-5-4-10-19(26)25-16-7-2-1-3-8-16/h1-3,6-9,12-13,23,27H,4-5,10-11,14H2,(H,25,26). The Morgan fingerprint density at radius 3 is 2.74 bits per heavy atom. The number of rotatable bonds is 8. The van der Waals surface area contributed by atoms with Crippen molar-refractivity contribution in [3.05, 3.63) is 65.3 Å². The molecule has 0 aliphatic carbocycles. The maximum Gasteiger partial charge on any atom is 0.224 e. The van der Waals surface area contributed by atoms with Gasteiger partial charge in [-0.25, -0.2) is 0 Å². The van der Waals surface area contributed by atoms with Gasteiger partial charge in [-0.1, -0.05) is 29.8 Å². The van der Waals surface area contributed by atoms with Gasteiger partial charge in [0, 0.05) is 35.8 Å².